The molecule has 1 unspecified atom stereocenters. The molecule has 1 fully saturated rings. The van der Waals surface area contributed by atoms with Crippen LogP contribution in [-0.2, 0) is 20.9 Å². The summed E-state index contributed by atoms with van der Waals surface area (Å²) in [6.07, 6.45) is -0.352. The molecule has 6 nitrogen and oxygen atoms in total. The van der Waals surface area contributed by atoms with Crippen LogP contribution in [0.4, 0.5) is 0 Å². The lowest BCUT2D eigenvalue weighted by atomic mass is 9.99. The molecule has 1 heterocycles. The molecule has 1 aliphatic heterocycles. The summed E-state index contributed by atoms with van der Waals surface area (Å²) in [6.45, 7) is 0.421. The number of nitrogens with zero attached hydrogens (tertiary/aromatic N) is 2. The maximum absolute atomic E-state index is 11.6. The molecule has 1 aliphatic rings. The zero-order valence-electron chi connectivity index (χ0n) is 10.2. The van der Waals surface area contributed by atoms with Gasteiger partial charge in [0.15, 0.2) is 5.60 Å². The minimum absolute atomic E-state index is 0.0279. The highest BCUT2D eigenvalue weighted by Crippen LogP contribution is 2.31. The summed E-state index contributed by atoms with van der Waals surface area (Å²) in [5.74, 6) is -0.564. The van der Waals surface area contributed by atoms with E-state index in [-0.39, 0.29) is 13.2 Å². The van der Waals surface area contributed by atoms with E-state index in [1.807, 2.05) is 30.3 Å². The number of carbonyl (C=O) groups excluding carboxylic acids is 1. The summed E-state index contributed by atoms with van der Waals surface area (Å²) in [5, 5.41) is 9.90. The van der Waals surface area contributed by atoms with Gasteiger partial charge >= 0.3 is 6.21 Å². The molecule has 0 amide bonds. The lowest BCUT2D eigenvalue weighted by Crippen LogP contribution is -2.42. The zero-order chi connectivity index (χ0) is 13.7. The van der Waals surface area contributed by atoms with E-state index in [9.17, 15) is 9.90 Å². The number of ether oxygens (including phenoxy) is 2. The lowest BCUT2D eigenvalue weighted by molar-refractivity contribution is -0.126. The quantitative estimate of drug-likeness (QED) is 0.328. The van der Waals surface area contributed by atoms with Crippen molar-refractivity contribution >= 4 is 12.0 Å². The van der Waals surface area contributed by atoms with Crippen molar-refractivity contribution in [2.24, 2.45) is 0 Å². The van der Waals surface area contributed by atoms with Crippen molar-refractivity contribution in [3.63, 3.8) is 0 Å². The Morgan fingerprint density at radius 1 is 1.58 bits per heavy atom. The third kappa shape index (κ3) is 3.13. The molecule has 2 atom stereocenters. The number of hydrogen-bond acceptors (Lipinski definition) is 4. The van der Waals surface area contributed by atoms with Gasteiger partial charge in [0.2, 0.25) is 0 Å². The summed E-state index contributed by atoms with van der Waals surface area (Å²) < 4.78 is 10.3. The topological polar surface area (TPSA) is 95.5 Å². The Morgan fingerprint density at radius 2 is 2.26 bits per heavy atom. The molecule has 19 heavy (non-hydrogen) atoms. The molecular formula is C13H14N2O4. The second-order valence-electron chi connectivity index (χ2n) is 4.30. The smallest absolute Gasteiger partial charge is 0.326 e. The number of Topliss-reactive ketones (excluding diaryl/α,β-unsaturated/α-hetero) is 1. The van der Waals surface area contributed by atoms with Crippen molar-refractivity contribution in [1.82, 2.24) is 0 Å². The molecule has 0 bridgehead atoms. The Hall–Kier alpha value is -1.85. The molecule has 1 aromatic carbocycles. The van der Waals surface area contributed by atoms with Gasteiger partial charge in [0.05, 0.1) is 19.8 Å². The number of rotatable bonds is 7. The summed E-state index contributed by atoms with van der Waals surface area (Å²) in [4.78, 5) is 14.2. The first-order valence-corrected chi connectivity index (χ1v) is 5.84. The number of carbonyl (C=O) groups is 1. The van der Waals surface area contributed by atoms with Crippen molar-refractivity contribution < 1.29 is 24.2 Å². The number of ketones is 1. The van der Waals surface area contributed by atoms with Crippen LogP contribution in [0.5, 0.6) is 0 Å². The van der Waals surface area contributed by atoms with Crippen LogP contribution < -0.4 is 0 Å². The molecule has 0 radical (unpaired) electrons. The standard InChI is InChI=1S/C13H14N2O4/c14-15-6-11(16)13(9-19-13)12(17)8-18-7-10-4-2-1-3-5-10/h1-6,12,17H,7-9H2/t12-,13?/m0/s1. The van der Waals surface area contributed by atoms with Crippen LogP contribution >= 0.6 is 0 Å². The highest BCUT2D eigenvalue weighted by Gasteiger charge is 2.58. The predicted molar refractivity (Wildman–Crippen MR) is 65.5 cm³/mol. The van der Waals surface area contributed by atoms with E-state index in [0.29, 0.717) is 6.61 Å². The monoisotopic (exact) mass is 262 g/mol. The van der Waals surface area contributed by atoms with Gasteiger partial charge < -0.3 is 20.1 Å². The Balaban J connectivity index is 1.83. The first kappa shape index (κ1) is 13.6. The summed E-state index contributed by atoms with van der Waals surface area (Å²) in [7, 11) is 0. The van der Waals surface area contributed by atoms with Crippen molar-refractivity contribution in [2.45, 2.75) is 18.3 Å². The fourth-order valence-corrected chi connectivity index (χ4v) is 1.74. The average molecular weight is 262 g/mol. The molecule has 1 aromatic rings. The van der Waals surface area contributed by atoms with Crippen LogP contribution in [0.15, 0.2) is 30.3 Å². The second-order valence-corrected chi connectivity index (χ2v) is 4.30. The number of aliphatic hydroxyl groups excluding tert-OH is 1. The molecule has 0 saturated carbocycles. The van der Waals surface area contributed by atoms with Gasteiger partial charge in [0.25, 0.3) is 5.78 Å². The summed E-state index contributed by atoms with van der Waals surface area (Å²) in [6, 6.07) is 9.49. The molecule has 2 rings (SSSR count). The lowest BCUT2D eigenvalue weighted by Gasteiger charge is -2.15. The van der Waals surface area contributed by atoms with Crippen LogP contribution in [0.2, 0.25) is 0 Å². The molecule has 0 spiro atoms. The molecule has 0 aromatic heterocycles. The zero-order valence-corrected chi connectivity index (χ0v) is 10.2. The van der Waals surface area contributed by atoms with Crippen LogP contribution in [0.1, 0.15) is 5.56 Å². The normalized spacial score (nSPS) is 22.4. The van der Waals surface area contributed by atoms with Crippen molar-refractivity contribution in [3.05, 3.63) is 41.4 Å². The van der Waals surface area contributed by atoms with E-state index in [2.05, 4.69) is 4.79 Å². The Morgan fingerprint density at radius 3 is 2.84 bits per heavy atom. The van der Waals surface area contributed by atoms with E-state index >= 15 is 0 Å². The van der Waals surface area contributed by atoms with Gasteiger partial charge in [-0.25, -0.2) is 0 Å². The number of benzene rings is 1. The molecule has 1 saturated heterocycles. The van der Waals surface area contributed by atoms with Crippen molar-refractivity contribution in [1.29, 1.82) is 0 Å². The van der Waals surface area contributed by atoms with E-state index in [0.717, 1.165) is 11.8 Å². The van der Waals surface area contributed by atoms with Gasteiger partial charge in [-0.15, -0.1) is 0 Å². The van der Waals surface area contributed by atoms with E-state index in [1.54, 1.807) is 0 Å². The van der Waals surface area contributed by atoms with E-state index in [1.165, 1.54) is 0 Å². The van der Waals surface area contributed by atoms with Crippen LogP contribution in [0, 0.1) is 0 Å². The largest absolute Gasteiger partial charge is 0.387 e. The third-order valence-corrected chi connectivity index (χ3v) is 2.97. The van der Waals surface area contributed by atoms with Crippen LogP contribution in [0.3, 0.4) is 0 Å². The van der Waals surface area contributed by atoms with Crippen molar-refractivity contribution in [2.75, 3.05) is 13.2 Å². The van der Waals surface area contributed by atoms with Gasteiger partial charge in [-0.05, 0) is 5.56 Å². The minimum atomic E-state index is -1.30. The minimum Gasteiger partial charge on any atom is -0.387 e. The summed E-state index contributed by atoms with van der Waals surface area (Å²) in [5.41, 5.74) is 7.99. The Kier molecular flexibility index (Phi) is 4.19. The van der Waals surface area contributed by atoms with Gasteiger partial charge in [-0.1, -0.05) is 30.3 Å². The molecule has 0 aliphatic carbocycles. The average Bonchev–Trinajstić information content (AvgIpc) is 3.22. The first-order valence-electron chi connectivity index (χ1n) is 5.84. The SMILES string of the molecule is [N-]=[N+]=CC(=O)C1([C@@H](O)COCc2ccccc2)CO1. The highest BCUT2D eigenvalue weighted by atomic mass is 16.6. The number of epoxide rings is 1. The fourth-order valence-electron chi connectivity index (χ4n) is 1.74. The Labute approximate surface area is 110 Å². The van der Waals surface area contributed by atoms with Gasteiger partial charge in [-0.2, -0.15) is 4.79 Å². The predicted octanol–water partition coefficient (Wildman–Crippen LogP) is 0.203. The Bertz CT molecular complexity index is 493. The maximum Gasteiger partial charge on any atom is 0.326 e. The molecule has 100 valence electrons. The molecule has 6 heteroatoms. The molecule has 1 N–H and O–H groups in total. The van der Waals surface area contributed by atoms with E-state index in [4.69, 9.17) is 15.0 Å². The fraction of sp³-hybridized carbons (Fsp3) is 0.385. The maximum atomic E-state index is 11.6. The van der Waals surface area contributed by atoms with Gasteiger partial charge in [0, 0.05) is 0 Å². The summed E-state index contributed by atoms with van der Waals surface area (Å²) >= 11 is 0. The number of hydrogen-bond donors (Lipinski definition) is 1. The van der Waals surface area contributed by atoms with E-state index < -0.39 is 17.5 Å². The van der Waals surface area contributed by atoms with Crippen LogP contribution in [-0.4, -0.2) is 46.8 Å². The van der Waals surface area contributed by atoms with Gasteiger partial charge in [-0.3, -0.25) is 4.79 Å². The van der Waals surface area contributed by atoms with Gasteiger partial charge in [0.1, 0.15) is 6.10 Å². The number of aliphatic hydroxyl groups is 1. The molecular weight excluding hydrogens is 248 g/mol. The van der Waals surface area contributed by atoms with Crippen LogP contribution in [0.25, 0.3) is 5.53 Å². The highest BCUT2D eigenvalue weighted by molar-refractivity contribution is 6.30. The van der Waals surface area contributed by atoms with Crippen molar-refractivity contribution in [3.8, 4) is 0 Å². The second kappa shape index (κ2) is 5.86. The third-order valence-electron chi connectivity index (χ3n) is 2.97. The first-order chi connectivity index (χ1) is 9.19.